The molecule has 30 heavy (non-hydrogen) atoms. The van der Waals surface area contributed by atoms with Gasteiger partial charge in [0, 0.05) is 29.1 Å². The van der Waals surface area contributed by atoms with Gasteiger partial charge >= 0.3 is 0 Å². The Labute approximate surface area is 181 Å². The van der Waals surface area contributed by atoms with Gasteiger partial charge in [-0.15, -0.1) is 11.3 Å². The van der Waals surface area contributed by atoms with Gasteiger partial charge in [0.2, 0.25) is 0 Å². The lowest BCUT2D eigenvalue weighted by molar-refractivity contribution is -0.384. The molecule has 0 unspecified atom stereocenters. The van der Waals surface area contributed by atoms with Crippen LogP contribution < -0.4 is 5.32 Å². The highest BCUT2D eigenvalue weighted by Gasteiger charge is 2.10. The number of nitrogens with one attached hydrogen (secondary N) is 1. The van der Waals surface area contributed by atoms with Gasteiger partial charge in [0.15, 0.2) is 4.34 Å². The Morgan fingerprint density at radius 2 is 1.83 bits per heavy atom. The zero-order valence-corrected chi connectivity index (χ0v) is 17.6. The molecule has 0 aliphatic carbocycles. The van der Waals surface area contributed by atoms with Crippen LogP contribution in [-0.4, -0.2) is 15.8 Å². The number of thioether (sulfide) groups is 1. The molecule has 4 rings (SSSR count). The molecule has 3 aromatic carbocycles. The van der Waals surface area contributed by atoms with E-state index in [-0.39, 0.29) is 11.6 Å². The summed E-state index contributed by atoms with van der Waals surface area (Å²) in [7, 11) is 0. The molecule has 0 aliphatic rings. The van der Waals surface area contributed by atoms with Gasteiger partial charge in [0.25, 0.3) is 11.6 Å². The smallest absolute Gasteiger partial charge is 0.269 e. The van der Waals surface area contributed by atoms with E-state index >= 15 is 0 Å². The Kier molecular flexibility index (Phi) is 5.78. The predicted octanol–water partition coefficient (Wildman–Crippen LogP) is 6.06. The first-order valence-corrected chi connectivity index (χ1v) is 10.9. The topological polar surface area (TPSA) is 85.1 Å². The van der Waals surface area contributed by atoms with Crippen LogP contribution in [0.25, 0.3) is 10.2 Å². The Bertz CT molecular complexity index is 1220. The highest BCUT2D eigenvalue weighted by atomic mass is 32.2. The molecule has 0 atom stereocenters. The van der Waals surface area contributed by atoms with Crippen molar-refractivity contribution in [1.29, 1.82) is 0 Å². The van der Waals surface area contributed by atoms with Crippen LogP contribution in [-0.2, 0) is 5.75 Å². The molecule has 0 bridgehead atoms. The van der Waals surface area contributed by atoms with E-state index in [4.69, 9.17) is 0 Å². The van der Waals surface area contributed by atoms with Gasteiger partial charge in [0.1, 0.15) is 0 Å². The number of fused-ring (bicyclic) bond motifs is 1. The number of rotatable bonds is 6. The fourth-order valence-corrected chi connectivity index (χ4v) is 4.87. The lowest BCUT2D eigenvalue weighted by Crippen LogP contribution is -2.11. The van der Waals surface area contributed by atoms with Gasteiger partial charge in [0.05, 0.1) is 15.1 Å². The maximum atomic E-state index is 12.4. The van der Waals surface area contributed by atoms with E-state index in [1.54, 1.807) is 35.2 Å². The molecule has 0 fully saturated rings. The third-order valence-electron chi connectivity index (χ3n) is 4.45. The fourth-order valence-electron chi connectivity index (χ4n) is 2.81. The van der Waals surface area contributed by atoms with Gasteiger partial charge < -0.3 is 5.32 Å². The van der Waals surface area contributed by atoms with E-state index in [9.17, 15) is 14.9 Å². The van der Waals surface area contributed by atoms with Crippen molar-refractivity contribution in [1.82, 2.24) is 4.98 Å². The SMILES string of the molecule is Cc1ccc(C(=O)Nc2ccc3nc(SCc4ccc([N+](=O)[O-])cc4)sc3c2)cc1. The molecule has 0 saturated carbocycles. The molecule has 150 valence electrons. The molecule has 6 nitrogen and oxygen atoms in total. The lowest BCUT2D eigenvalue weighted by Gasteiger charge is -2.05. The quantitative estimate of drug-likeness (QED) is 0.226. The molecule has 1 amide bonds. The van der Waals surface area contributed by atoms with E-state index in [1.165, 1.54) is 12.1 Å². The second-order valence-electron chi connectivity index (χ2n) is 6.69. The second kappa shape index (κ2) is 8.64. The van der Waals surface area contributed by atoms with Crippen molar-refractivity contribution in [2.24, 2.45) is 0 Å². The number of hydrogen-bond donors (Lipinski definition) is 1. The Morgan fingerprint density at radius 3 is 2.53 bits per heavy atom. The van der Waals surface area contributed by atoms with E-state index < -0.39 is 4.92 Å². The van der Waals surface area contributed by atoms with Crippen molar-refractivity contribution in [3.63, 3.8) is 0 Å². The van der Waals surface area contributed by atoms with Crippen LogP contribution in [0, 0.1) is 17.0 Å². The number of anilines is 1. The van der Waals surface area contributed by atoms with Crippen molar-refractivity contribution in [2.45, 2.75) is 17.0 Å². The number of hydrogen-bond acceptors (Lipinski definition) is 6. The number of nitro benzene ring substituents is 1. The Hall–Kier alpha value is -3.23. The first-order valence-electron chi connectivity index (χ1n) is 9.13. The van der Waals surface area contributed by atoms with Gasteiger partial charge in [-0.1, -0.05) is 41.6 Å². The Morgan fingerprint density at radius 1 is 1.10 bits per heavy atom. The minimum Gasteiger partial charge on any atom is -0.322 e. The van der Waals surface area contributed by atoms with E-state index in [2.05, 4.69) is 10.3 Å². The first kappa shape index (κ1) is 20.1. The number of nitrogens with zero attached hydrogens (tertiary/aromatic N) is 2. The van der Waals surface area contributed by atoms with E-state index in [0.29, 0.717) is 11.3 Å². The number of nitro groups is 1. The number of aromatic nitrogens is 1. The summed E-state index contributed by atoms with van der Waals surface area (Å²) in [6, 6.07) is 19.7. The van der Waals surface area contributed by atoms with Crippen LogP contribution >= 0.6 is 23.1 Å². The predicted molar refractivity (Wildman–Crippen MR) is 121 cm³/mol. The van der Waals surface area contributed by atoms with Crippen molar-refractivity contribution in [3.05, 3.63) is 93.5 Å². The van der Waals surface area contributed by atoms with Crippen molar-refractivity contribution in [3.8, 4) is 0 Å². The normalized spacial score (nSPS) is 10.8. The summed E-state index contributed by atoms with van der Waals surface area (Å²) < 4.78 is 1.90. The number of amides is 1. The highest BCUT2D eigenvalue weighted by molar-refractivity contribution is 8.00. The maximum Gasteiger partial charge on any atom is 0.269 e. The van der Waals surface area contributed by atoms with Gasteiger partial charge in [-0.2, -0.15) is 0 Å². The Balaban J connectivity index is 1.43. The van der Waals surface area contributed by atoms with Crippen LogP contribution in [0.3, 0.4) is 0 Å². The average molecular weight is 436 g/mol. The molecule has 1 N–H and O–H groups in total. The van der Waals surface area contributed by atoms with Crippen LogP contribution in [0.2, 0.25) is 0 Å². The summed E-state index contributed by atoms with van der Waals surface area (Å²) in [5.41, 5.74) is 4.41. The molecule has 0 spiro atoms. The zero-order valence-electron chi connectivity index (χ0n) is 16.0. The molecular weight excluding hydrogens is 418 g/mol. The summed E-state index contributed by atoms with van der Waals surface area (Å²) in [4.78, 5) is 27.4. The maximum absolute atomic E-state index is 12.4. The standard InChI is InChI=1S/C22H17N3O3S2/c1-14-2-6-16(7-3-14)21(26)23-17-8-11-19-20(12-17)30-22(24-19)29-13-15-4-9-18(10-5-15)25(27)28/h2-12H,13H2,1H3,(H,23,26). The fraction of sp³-hybridized carbons (Fsp3) is 0.0909. The summed E-state index contributed by atoms with van der Waals surface area (Å²) >= 11 is 3.14. The minimum atomic E-state index is -0.403. The summed E-state index contributed by atoms with van der Waals surface area (Å²) in [6.07, 6.45) is 0. The molecule has 4 aromatic rings. The van der Waals surface area contributed by atoms with Gasteiger partial charge in [-0.05, 0) is 42.8 Å². The van der Waals surface area contributed by atoms with Crippen molar-refractivity contribution < 1.29 is 9.72 Å². The lowest BCUT2D eigenvalue weighted by atomic mass is 10.1. The molecule has 1 aromatic heterocycles. The van der Waals surface area contributed by atoms with Crippen LogP contribution in [0.5, 0.6) is 0 Å². The number of aryl methyl sites for hydroxylation is 1. The number of thiazole rings is 1. The molecule has 0 radical (unpaired) electrons. The molecule has 0 saturated heterocycles. The third kappa shape index (κ3) is 4.67. The summed E-state index contributed by atoms with van der Waals surface area (Å²) in [6.45, 7) is 1.98. The van der Waals surface area contributed by atoms with Crippen LogP contribution in [0.1, 0.15) is 21.5 Å². The van der Waals surface area contributed by atoms with Crippen LogP contribution in [0.4, 0.5) is 11.4 Å². The second-order valence-corrected chi connectivity index (χ2v) is 8.95. The molecule has 8 heteroatoms. The number of carbonyl (C=O) groups excluding carboxylic acids is 1. The minimum absolute atomic E-state index is 0.0870. The molecule has 1 heterocycles. The third-order valence-corrected chi connectivity index (χ3v) is 6.68. The van der Waals surface area contributed by atoms with Gasteiger partial charge in [-0.3, -0.25) is 14.9 Å². The number of benzene rings is 3. The highest BCUT2D eigenvalue weighted by Crippen LogP contribution is 2.33. The van der Waals surface area contributed by atoms with Crippen LogP contribution in [0.15, 0.2) is 71.1 Å². The summed E-state index contributed by atoms with van der Waals surface area (Å²) in [5, 5.41) is 13.7. The largest absolute Gasteiger partial charge is 0.322 e. The monoisotopic (exact) mass is 435 g/mol. The van der Waals surface area contributed by atoms with Crippen molar-refractivity contribution in [2.75, 3.05) is 5.32 Å². The van der Waals surface area contributed by atoms with E-state index in [0.717, 1.165) is 31.4 Å². The first-order chi connectivity index (χ1) is 14.5. The molecule has 0 aliphatic heterocycles. The number of carbonyl (C=O) groups is 1. The van der Waals surface area contributed by atoms with Crippen molar-refractivity contribution >= 4 is 50.6 Å². The molecular formula is C22H17N3O3S2. The number of non-ortho nitro benzene ring substituents is 1. The van der Waals surface area contributed by atoms with Gasteiger partial charge in [-0.25, -0.2) is 4.98 Å². The van der Waals surface area contributed by atoms with E-state index in [1.807, 2.05) is 49.4 Å². The zero-order chi connectivity index (χ0) is 21.1. The average Bonchev–Trinajstić information content (AvgIpc) is 3.15. The summed E-state index contributed by atoms with van der Waals surface area (Å²) in [5.74, 6) is 0.529.